The summed E-state index contributed by atoms with van der Waals surface area (Å²) in [6, 6.07) is 0. The van der Waals surface area contributed by atoms with Crippen molar-refractivity contribution in [3.63, 3.8) is 0 Å². The summed E-state index contributed by atoms with van der Waals surface area (Å²) in [6.07, 6.45) is 1.41. The maximum atomic E-state index is 5.30. The van der Waals surface area contributed by atoms with Crippen molar-refractivity contribution < 1.29 is 9.47 Å². The predicted molar refractivity (Wildman–Crippen MR) is 36.7 cm³/mol. The van der Waals surface area contributed by atoms with Crippen LogP contribution in [0.5, 0.6) is 0 Å². The summed E-state index contributed by atoms with van der Waals surface area (Å²) in [4.78, 5) is 2.36. The van der Waals surface area contributed by atoms with E-state index in [1.807, 2.05) is 0 Å². The third-order valence-electron chi connectivity index (χ3n) is 2.05. The van der Waals surface area contributed by atoms with Gasteiger partial charge in [0.1, 0.15) is 0 Å². The monoisotopic (exact) mass is 143 g/mol. The smallest absolute Gasteiger partial charge is 0.170 e. The maximum absolute atomic E-state index is 5.30. The maximum Gasteiger partial charge on any atom is 0.170 e. The van der Waals surface area contributed by atoms with Gasteiger partial charge in [0.15, 0.2) is 6.29 Å². The SMILES string of the molecule is C1CN(CC2OCCO2)C1. The number of rotatable bonds is 2. The molecule has 2 aliphatic rings. The zero-order valence-corrected chi connectivity index (χ0v) is 6.08. The Morgan fingerprint density at radius 3 is 2.40 bits per heavy atom. The Balaban J connectivity index is 1.68. The molecule has 3 heteroatoms. The average molecular weight is 143 g/mol. The summed E-state index contributed by atoms with van der Waals surface area (Å²) < 4.78 is 10.6. The molecule has 0 atom stereocenters. The first kappa shape index (κ1) is 6.58. The molecule has 3 nitrogen and oxygen atoms in total. The Hall–Kier alpha value is -0.120. The Morgan fingerprint density at radius 2 is 1.90 bits per heavy atom. The van der Waals surface area contributed by atoms with Gasteiger partial charge in [-0.2, -0.15) is 0 Å². The third kappa shape index (κ3) is 1.31. The lowest BCUT2D eigenvalue weighted by Crippen LogP contribution is -2.42. The summed E-state index contributed by atoms with van der Waals surface area (Å²) in [6.45, 7) is 4.98. The second-order valence-electron chi connectivity index (χ2n) is 2.83. The Morgan fingerprint density at radius 1 is 1.20 bits per heavy atom. The van der Waals surface area contributed by atoms with Crippen LogP contribution >= 0.6 is 0 Å². The van der Waals surface area contributed by atoms with Gasteiger partial charge in [0, 0.05) is 6.54 Å². The molecule has 2 fully saturated rings. The standard InChI is InChI=1S/C7H13NO2/c1-2-8(3-1)6-7-9-4-5-10-7/h7H,1-6H2. The van der Waals surface area contributed by atoms with E-state index in [-0.39, 0.29) is 6.29 Å². The molecule has 0 aromatic carbocycles. The van der Waals surface area contributed by atoms with Crippen LogP contribution in [0.15, 0.2) is 0 Å². The topological polar surface area (TPSA) is 21.7 Å². The molecule has 0 aromatic rings. The molecule has 0 aliphatic carbocycles. The first-order chi connectivity index (χ1) is 4.95. The molecule has 2 saturated heterocycles. The van der Waals surface area contributed by atoms with Gasteiger partial charge in [-0.3, -0.25) is 4.90 Å². The highest BCUT2D eigenvalue weighted by Gasteiger charge is 2.22. The van der Waals surface area contributed by atoms with E-state index in [2.05, 4.69) is 4.90 Å². The van der Waals surface area contributed by atoms with Crippen LogP contribution in [0.3, 0.4) is 0 Å². The molecule has 0 aromatic heterocycles. The van der Waals surface area contributed by atoms with Crippen LogP contribution in [0.2, 0.25) is 0 Å². The normalized spacial score (nSPS) is 28.8. The van der Waals surface area contributed by atoms with E-state index in [1.54, 1.807) is 0 Å². The van der Waals surface area contributed by atoms with Gasteiger partial charge in [0.05, 0.1) is 13.2 Å². The Kier molecular flexibility index (Phi) is 1.88. The van der Waals surface area contributed by atoms with Crippen molar-refractivity contribution in [3.05, 3.63) is 0 Å². The molecule has 0 amide bonds. The predicted octanol–water partition coefficient (Wildman–Crippen LogP) is 0.0650. The van der Waals surface area contributed by atoms with Crippen molar-refractivity contribution in [3.8, 4) is 0 Å². The Bertz CT molecular complexity index is 108. The highest BCUT2D eigenvalue weighted by molar-refractivity contribution is 4.70. The second kappa shape index (κ2) is 2.86. The highest BCUT2D eigenvalue weighted by atomic mass is 16.7. The van der Waals surface area contributed by atoms with Crippen molar-refractivity contribution in [2.45, 2.75) is 12.7 Å². The molecule has 2 heterocycles. The van der Waals surface area contributed by atoms with Crippen molar-refractivity contribution in [1.29, 1.82) is 0 Å². The first-order valence-electron chi connectivity index (χ1n) is 3.91. The van der Waals surface area contributed by atoms with Crippen molar-refractivity contribution in [1.82, 2.24) is 4.90 Å². The molecule has 0 unspecified atom stereocenters. The lowest BCUT2D eigenvalue weighted by atomic mass is 10.2. The lowest BCUT2D eigenvalue weighted by Gasteiger charge is -2.31. The van der Waals surface area contributed by atoms with Crippen LogP contribution in [-0.4, -0.2) is 44.0 Å². The quantitative estimate of drug-likeness (QED) is 0.546. The van der Waals surface area contributed by atoms with Gasteiger partial charge < -0.3 is 9.47 Å². The van der Waals surface area contributed by atoms with E-state index >= 15 is 0 Å². The van der Waals surface area contributed by atoms with Crippen LogP contribution in [0.1, 0.15) is 6.42 Å². The fraction of sp³-hybridized carbons (Fsp3) is 1.00. The average Bonchev–Trinajstić information content (AvgIpc) is 2.29. The first-order valence-corrected chi connectivity index (χ1v) is 3.91. The third-order valence-corrected chi connectivity index (χ3v) is 2.05. The van der Waals surface area contributed by atoms with E-state index in [4.69, 9.17) is 9.47 Å². The van der Waals surface area contributed by atoms with Gasteiger partial charge in [-0.05, 0) is 19.5 Å². The summed E-state index contributed by atoms with van der Waals surface area (Å²) in [5.74, 6) is 0. The summed E-state index contributed by atoms with van der Waals surface area (Å²) in [5, 5.41) is 0. The fourth-order valence-electron chi connectivity index (χ4n) is 1.29. The minimum Gasteiger partial charge on any atom is -0.349 e. The number of hydrogen-bond donors (Lipinski definition) is 0. The molecule has 0 saturated carbocycles. The van der Waals surface area contributed by atoms with Gasteiger partial charge in [-0.15, -0.1) is 0 Å². The van der Waals surface area contributed by atoms with Crippen molar-refractivity contribution in [2.24, 2.45) is 0 Å². The minimum atomic E-state index is 0.0697. The van der Waals surface area contributed by atoms with Crippen LogP contribution in [0.4, 0.5) is 0 Å². The molecule has 2 aliphatic heterocycles. The van der Waals surface area contributed by atoms with E-state index in [9.17, 15) is 0 Å². The molecular formula is C7H13NO2. The van der Waals surface area contributed by atoms with Gasteiger partial charge >= 0.3 is 0 Å². The zero-order chi connectivity index (χ0) is 6.81. The molecule has 0 spiro atoms. The molecule has 0 bridgehead atoms. The van der Waals surface area contributed by atoms with Crippen LogP contribution < -0.4 is 0 Å². The summed E-state index contributed by atoms with van der Waals surface area (Å²) >= 11 is 0. The van der Waals surface area contributed by atoms with E-state index in [0.717, 1.165) is 19.8 Å². The summed E-state index contributed by atoms with van der Waals surface area (Å²) in [5.41, 5.74) is 0. The van der Waals surface area contributed by atoms with Crippen LogP contribution in [0.25, 0.3) is 0 Å². The molecule has 58 valence electrons. The second-order valence-corrected chi connectivity index (χ2v) is 2.83. The van der Waals surface area contributed by atoms with Gasteiger partial charge in [-0.25, -0.2) is 0 Å². The molecular weight excluding hydrogens is 130 g/mol. The number of likely N-dealkylation sites (tertiary alicyclic amines) is 1. The zero-order valence-electron chi connectivity index (χ0n) is 6.08. The lowest BCUT2D eigenvalue weighted by molar-refractivity contribution is -0.0710. The number of ether oxygens (including phenoxy) is 2. The van der Waals surface area contributed by atoms with Crippen LogP contribution in [-0.2, 0) is 9.47 Å². The van der Waals surface area contributed by atoms with Gasteiger partial charge in [-0.1, -0.05) is 0 Å². The molecule has 2 rings (SSSR count). The Labute approximate surface area is 60.9 Å². The van der Waals surface area contributed by atoms with Crippen LogP contribution in [0, 0.1) is 0 Å². The molecule has 0 radical (unpaired) electrons. The van der Waals surface area contributed by atoms with E-state index in [1.165, 1.54) is 19.5 Å². The summed E-state index contributed by atoms with van der Waals surface area (Å²) in [7, 11) is 0. The van der Waals surface area contributed by atoms with E-state index < -0.39 is 0 Å². The fourth-order valence-corrected chi connectivity index (χ4v) is 1.29. The van der Waals surface area contributed by atoms with Gasteiger partial charge in [0.25, 0.3) is 0 Å². The highest BCUT2D eigenvalue weighted by Crippen LogP contribution is 2.11. The van der Waals surface area contributed by atoms with Crippen molar-refractivity contribution in [2.75, 3.05) is 32.8 Å². The van der Waals surface area contributed by atoms with Crippen molar-refractivity contribution >= 4 is 0 Å². The number of hydrogen-bond acceptors (Lipinski definition) is 3. The minimum absolute atomic E-state index is 0.0697. The van der Waals surface area contributed by atoms with Gasteiger partial charge in [0.2, 0.25) is 0 Å². The van der Waals surface area contributed by atoms with E-state index in [0.29, 0.717) is 0 Å². The largest absolute Gasteiger partial charge is 0.349 e. The number of nitrogens with zero attached hydrogens (tertiary/aromatic N) is 1. The molecule has 0 N–H and O–H groups in total. The molecule has 10 heavy (non-hydrogen) atoms.